The van der Waals surface area contributed by atoms with E-state index in [1.54, 1.807) is 23.2 Å². The van der Waals surface area contributed by atoms with Crippen LogP contribution in [0.15, 0.2) is 18.3 Å². The SMILES string of the molecule is O=C(O)[C@@H]1CN(C(=O)c2ccc[nH]2)C[C@H]1C1CC1. The zero-order valence-corrected chi connectivity index (χ0v) is 10.0. The van der Waals surface area contributed by atoms with Gasteiger partial charge in [-0.2, -0.15) is 0 Å². The van der Waals surface area contributed by atoms with Crippen molar-refractivity contribution >= 4 is 11.9 Å². The fourth-order valence-electron chi connectivity index (χ4n) is 2.89. The summed E-state index contributed by atoms with van der Waals surface area (Å²) in [6.07, 6.45) is 3.92. The molecule has 96 valence electrons. The van der Waals surface area contributed by atoms with Crippen molar-refractivity contribution in [3.05, 3.63) is 24.0 Å². The number of likely N-dealkylation sites (tertiary alicyclic amines) is 1. The van der Waals surface area contributed by atoms with Gasteiger partial charge in [0.15, 0.2) is 0 Å². The summed E-state index contributed by atoms with van der Waals surface area (Å²) in [6.45, 7) is 0.924. The Labute approximate surface area is 105 Å². The predicted molar refractivity (Wildman–Crippen MR) is 64.0 cm³/mol. The molecule has 1 saturated carbocycles. The lowest BCUT2D eigenvalue weighted by Gasteiger charge is -2.15. The quantitative estimate of drug-likeness (QED) is 0.844. The third-order valence-corrected chi connectivity index (χ3v) is 4.03. The number of carboxylic acid groups (broad SMARTS) is 1. The molecule has 1 aromatic heterocycles. The van der Waals surface area contributed by atoms with Crippen molar-refractivity contribution in [2.75, 3.05) is 13.1 Å². The van der Waals surface area contributed by atoms with Crippen molar-refractivity contribution < 1.29 is 14.7 Å². The summed E-state index contributed by atoms with van der Waals surface area (Å²) in [5.41, 5.74) is 0.538. The maximum Gasteiger partial charge on any atom is 0.308 e. The van der Waals surface area contributed by atoms with Gasteiger partial charge in [0.2, 0.25) is 0 Å². The Morgan fingerprint density at radius 1 is 1.33 bits per heavy atom. The fraction of sp³-hybridized carbons (Fsp3) is 0.538. The lowest BCUT2D eigenvalue weighted by atomic mass is 9.92. The van der Waals surface area contributed by atoms with Gasteiger partial charge in [0, 0.05) is 19.3 Å². The third kappa shape index (κ3) is 1.89. The molecule has 2 N–H and O–H groups in total. The van der Waals surface area contributed by atoms with Gasteiger partial charge in [-0.25, -0.2) is 0 Å². The molecule has 0 bridgehead atoms. The number of rotatable bonds is 3. The largest absolute Gasteiger partial charge is 0.481 e. The van der Waals surface area contributed by atoms with Gasteiger partial charge in [-0.1, -0.05) is 0 Å². The molecule has 1 saturated heterocycles. The zero-order chi connectivity index (χ0) is 12.7. The maximum absolute atomic E-state index is 12.2. The Hall–Kier alpha value is -1.78. The van der Waals surface area contributed by atoms with Crippen LogP contribution in [-0.2, 0) is 4.79 Å². The van der Waals surface area contributed by atoms with E-state index in [2.05, 4.69) is 4.98 Å². The Kier molecular flexibility index (Phi) is 2.61. The smallest absolute Gasteiger partial charge is 0.308 e. The molecular weight excluding hydrogens is 232 g/mol. The topological polar surface area (TPSA) is 73.4 Å². The minimum atomic E-state index is -0.770. The van der Waals surface area contributed by atoms with Crippen molar-refractivity contribution in [2.45, 2.75) is 12.8 Å². The Balaban J connectivity index is 1.75. The molecule has 0 radical (unpaired) electrons. The van der Waals surface area contributed by atoms with Crippen LogP contribution in [0.25, 0.3) is 0 Å². The van der Waals surface area contributed by atoms with Gasteiger partial charge in [0.25, 0.3) is 5.91 Å². The number of nitrogens with zero attached hydrogens (tertiary/aromatic N) is 1. The zero-order valence-electron chi connectivity index (χ0n) is 10.0. The Morgan fingerprint density at radius 3 is 2.67 bits per heavy atom. The van der Waals surface area contributed by atoms with Crippen molar-refractivity contribution in [3.8, 4) is 0 Å². The second-order valence-electron chi connectivity index (χ2n) is 5.24. The summed E-state index contributed by atoms with van der Waals surface area (Å²) < 4.78 is 0. The predicted octanol–water partition coefficient (Wildman–Crippen LogP) is 1.20. The first-order chi connectivity index (χ1) is 8.66. The van der Waals surface area contributed by atoms with Crippen molar-refractivity contribution in [3.63, 3.8) is 0 Å². The summed E-state index contributed by atoms with van der Waals surface area (Å²) in [6, 6.07) is 3.50. The third-order valence-electron chi connectivity index (χ3n) is 4.03. The van der Waals surface area contributed by atoms with Crippen molar-refractivity contribution in [1.82, 2.24) is 9.88 Å². The second kappa shape index (κ2) is 4.15. The molecule has 0 spiro atoms. The van der Waals surface area contributed by atoms with Crippen LogP contribution in [0.2, 0.25) is 0 Å². The lowest BCUT2D eigenvalue weighted by Crippen LogP contribution is -2.30. The van der Waals surface area contributed by atoms with Gasteiger partial charge < -0.3 is 15.0 Å². The number of hydrogen-bond acceptors (Lipinski definition) is 2. The second-order valence-corrected chi connectivity index (χ2v) is 5.24. The van der Waals surface area contributed by atoms with E-state index in [0.717, 1.165) is 12.8 Å². The van der Waals surface area contributed by atoms with E-state index < -0.39 is 11.9 Å². The summed E-state index contributed by atoms with van der Waals surface area (Å²) in [4.78, 5) is 28.0. The molecule has 5 nitrogen and oxygen atoms in total. The minimum Gasteiger partial charge on any atom is -0.481 e. The van der Waals surface area contributed by atoms with Crippen LogP contribution < -0.4 is 0 Å². The van der Waals surface area contributed by atoms with Gasteiger partial charge in [0.05, 0.1) is 5.92 Å². The normalized spacial score (nSPS) is 27.4. The highest BCUT2D eigenvalue weighted by Crippen LogP contribution is 2.44. The van der Waals surface area contributed by atoms with Crippen molar-refractivity contribution in [1.29, 1.82) is 0 Å². The molecule has 3 rings (SSSR count). The Bertz CT molecular complexity index is 465. The van der Waals surface area contributed by atoms with Crippen LogP contribution in [0.4, 0.5) is 0 Å². The summed E-state index contributed by atoms with van der Waals surface area (Å²) in [7, 11) is 0. The van der Waals surface area contributed by atoms with Crippen LogP contribution in [0, 0.1) is 17.8 Å². The standard InChI is InChI=1S/C13H16N2O3/c16-12(11-2-1-5-14-11)15-6-9(8-3-4-8)10(7-15)13(17)18/h1-2,5,8-10,14H,3-4,6-7H2,(H,17,18)/t9-,10+/m0/s1. The van der Waals surface area contributed by atoms with Gasteiger partial charge in [0.1, 0.15) is 5.69 Å². The summed E-state index contributed by atoms with van der Waals surface area (Å²) in [5, 5.41) is 9.24. The van der Waals surface area contributed by atoms with E-state index >= 15 is 0 Å². The molecular formula is C13H16N2O3. The monoisotopic (exact) mass is 248 g/mol. The van der Waals surface area contributed by atoms with Crippen LogP contribution in [0.5, 0.6) is 0 Å². The van der Waals surface area contributed by atoms with E-state index in [0.29, 0.717) is 24.7 Å². The molecule has 1 amide bonds. The molecule has 2 fully saturated rings. The van der Waals surface area contributed by atoms with Crippen LogP contribution in [0.3, 0.4) is 0 Å². The van der Waals surface area contributed by atoms with Gasteiger partial charge in [-0.05, 0) is 36.8 Å². The molecule has 2 aliphatic rings. The molecule has 0 aromatic carbocycles. The minimum absolute atomic E-state index is 0.0885. The summed E-state index contributed by atoms with van der Waals surface area (Å²) in [5.74, 6) is -0.603. The van der Waals surface area contributed by atoms with E-state index in [1.165, 1.54) is 0 Å². The number of amides is 1. The van der Waals surface area contributed by atoms with Crippen molar-refractivity contribution in [2.24, 2.45) is 17.8 Å². The number of carbonyl (C=O) groups excluding carboxylic acids is 1. The first-order valence-electron chi connectivity index (χ1n) is 6.32. The molecule has 5 heteroatoms. The molecule has 18 heavy (non-hydrogen) atoms. The number of carboxylic acids is 1. The number of hydrogen-bond donors (Lipinski definition) is 2. The molecule has 2 heterocycles. The van der Waals surface area contributed by atoms with Crippen LogP contribution in [0.1, 0.15) is 23.3 Å². The Morgan fingerprint density at radius 2 is 2.11 bits per heavy atom. The summed E-state index contributed by atoms with van der Waals surface area (Å²) >= 11 is 0. The number of aromatic nitrogens is 1. The highest BCUT2D eigenvalue weighted by Gasteiger charge is 2.46. The van der Waals surface area contributed by atoms with E-state index in [9.17, 15) is 14.7 Å². The van der Waals surface area contributed by atoms with E-state index in [1.807, 2.05) is 0 Å². The molecule has 1 aromatic rings. The number of aromatic amines is 1. The first-order valence-corrected chi connectivity index (χ1v) is 6.32. The fourth-order valence-corrected chi connectivity index (χ4v) is 2.89. The average Bonchev–Trinajstić information content (AvgIpc) is 2.91. The lowest BCUT2D eigenvalue weighted by molar-refractivity contribution is -0.142. The molecule has 1 aliphatic carbocycles. The van der Waals surface area contributed by atoms with Crippen LogP contribution >= 0.6 is 0 Å². The average molecular weight is 248 g/mol. The molecule has 1 aliphatic heterocycles. The number of H-pyrrole nitrogens is 1. The highest BCUT2D eigenvalue weighted by atomic mass is 16.4. The number of aliphatic carboxylic acids is 1. The van der Waals surface area contributed by atoms with Gasteiger partial charge >= 0.3 is 5.97 Å². The number of carbonyl (C=O) groups is 2. The number of nitrogens with one attached hydrogen (secondary N) is 1. The van der Waals surface area contributed by atoms with Crippen LogP contribution in [-0.4, -0.2) is 40.0 Å². The van der Waals surface area contributed by atoms with E-state index in [-0.39, 0.29) is 11.8 Å². The van der Waals surface area contributed by atoms with Gasteiger partial charge in [-0.3, -0.25) is 9.59 Å². The first kappa shape index (κ1) is 11.3. The van der Waals surface area contributed by atoms with E-state index in [4.69, 9.17) is 0 Å². The molecule has 2 atom stereocenters. The highest BCUT2D eigenvalue weighted by molar-refractivity contribution is 5.93. The van der Waals surface area contributed by atoms with Gasteiger partial charge in [-0.15, -0.1) is 0 Å². The maximum atomic E-state index is 12.2. The molecule has 0 unspecified atom stereocenters.